The quantitative estimate of drug-likeness (QED) is 0.848. The lowest BCUT2D eigenvalue weighted by atomic mass is 9.79. The number of thioether (sulfide) groups is 1. The van der Waals surface area contributed by atoms with Gasteiger partial charge in [-0.15, -0.1) is 0 Å². The normalized spacial score (nSPS) is 19.5. The number of carboxylic acids is 1. The van der Waals surface area contributed by atoms with E-state index in [-0.39, 0.29) is 17.1 Å². The minimum absolute atomic E-state index is 0.00519. The number of aliphatic carboxylic acids is 1. The van der Waals surface area contributed by atoms with Crippen LogP contribution in [0, 0.1) is 5.41 Å². The Hall–Kier alpha value is -0.710. The second kappa shape index (κ2) is 6.83. The number of carboxylic acid groups (broad SMARTS) is 1. The average Bonchev–Trinajstić information content (AvgIpc) is 2.56. The highest BCUT2D eigenvalue weighted by Crippen LogP contribution is 2.34. The molecule has 0 atom stereocenters. The largest absolute Gasteiger partial charge is 0.481 e. The van der Waals surface area contributed by atoms with Gasteiger partial charge < -0.3 is 10.0 Å². The summed E-state index contributed by atoms with van der Waals surface area (Å²) in [4.78, 5) is 25.8. The van der Waals surface area contributed by atoms with Crippen LogP contribution in [0.5, 0.6) is 0 Å². The molecule has 1 aliphatic heterocycles. The summed E-state index contributed by atoms with van der Waals surface area (Å²) in [5, 5.41) is 9.43. The molecule has 1 rings (SSSR count). The Morgan fingerprint density at radius 3 is 2.35 bits per heavy atom. The Morgan fingerprint density at radius 2 is 1.85 bits per heavy atom. The van der Waals surface area contributed by atoms with Gasteiger partial charge in [-0.3, -0.25) is 9.59 Å². The van der Waals surface area contributed by atoms with Gasteiger partial charge in [0.15, 0.2) is 0 Å². The number of amides is 1. The van der Waals surface area contributed by atoms with Crippen LogP contribution < -0.4 is 0 Å². The van der Waals surface area contributed by atoms with Crippen molar-refractivity contribution in [2.24, 2.45) is 5.41 Å². The molecule has 5 heteroatoms. The SMILES string of the molecule is CCC(CC)(CC(=O)N1CCSC(C)(C)CC1)C(=O)O. The molecule has 1 fully saturated rings. The van der Waals surface area contributed by atoms with Crippen molar-refractivity contribution in [1.82, 2.24) is 4.90 Å². The number of carbonyl (C=O) groups is 2. The molecule has 0 aromatic carbocycles. The van der Waals surface area contributed by atoms with Crippen molar-refractivity contribution in [3.8, 4) is 0 Å². The minimum Gasteiger partial charge on any atom is -0.481 e. The van der Waals surface area contributed by atoms with Gasteiger partial charge in [-0.25, -0.2) is 0 Å². The molecule has 0 bridgehead atoms. The van der Waals surface area contributed by atoms with Crippen molar-refractivity contribution >= 4 is 23.6 Å². The van der Waals surface area contributed by atoms with E-state index in [4.69, 9.17) is 0 Å². The Morgan fingerprint density at radius 1 is 1.25 bits per heavy atom. The zero-order chi connectivity index (χ0) is 15.4. The maximum absolute atomic E-state index is 12.5. The number of carbonyl (C=O) groups excluding carboxylic acids is 1. The lowest BCUT2D eigenvalue weighted by molar-refractivity contribution is -0.154. The molecule has 0 spiro atoms. The first-order chi connectivity index (χ1) is 9.26. The molecule has 1 aliphatic rings. The van der Waals surface area contributed by atoms with Gasteiger partial charge in [0.2, 0.25) is 5.91 Å². The van der Waals surface area contributed by atoms with Gasteiger partial charge in [0, 0.05) is 30.0 Å². The van der Waals surface area contributed by atoms with Gasteiger partial charge in [-0.05, 0) is 19.3 Å². The second-order valence-corrected chi connectivity index (χ2v) is 8.01. The molecule has 20 heavy (non-hydrogen) atoms. The molecule has 0 unspecified atom stereocenters. The van der Waals surface area contributed by atoms with Gasteiger partial charge in [0.25, 0.3) is 0 Å². The number of hydrogen-bond donors (Lipinski definition) is 1. The minimum atomic E-state index is -0.897. The van der Waals surface area contributed by atoms with Crippen LogP contribution in [0.1, 0.15) is 53.4 Å². The lowest BCUT2D eigenvalue weighted by Crippen LogP contribution is -2.40. The van der Waals surface area contributed by atoms with E-state index in [0.29, 0.717) is 12.8 Å². The van der Waals surface area contributed by atoms with Crippen molar-refractivity contribution in [3.05, 3.63) is 0 Å². The van der Waals surface area contributed by atoms with Crippen molar-refractivity contribution < 1.29 is 14.7 Å². The maximum Gasteiger partial charge on any atom is 0.310 e. The van der Waals surface area contributed by atoms with Crippen molar-refractivity contribution in [1.29, 1.82) is 0 Å². The summed E-state index contributed by atoms with van der Waals surface area (Å²) in [7, 11) is 0. The highest BCUT2D eigenvalue weighted by Gasteiger charge is 2.38. The fraction of sp³-hybridized carbons (Fsp3) is 0.867. The zero-order valence-electron chi connectivity index (χ0n) is 13.1. The Kier molecular flexibility index (Phi) is 5.92. The molecule has 1 heterocycles. The van der Waals surface area contributed by atoms with E-state index >= 15 is 0 Å². The number of nitrogens with zero attached hydrogens (tertiary/aromatic N) is 1. The molecule has 0 radical (unpaired) electrons. The summed E-state index contributed by atoms with van der Waals surface area (Å²) in [6.07, 6.45) is 2.08. The first-order valence-electron chi connectivity index (χ1n) is 7.41. The fourth-order valence-corrected chi connectivity index (χ4v) is 3.65. The van der Waals surface area contributed by atoms with Crippen LogP contribution in [0.4, 0.5) is 0 Å². The first kappa shape index (κ1) is 17.3. The van der Waals surface area contributed by atoms with Gasteiger partial charge in [-0.1, -0.05) is 27.7 Å². The van der Waals surface area contributed by atoms with Gasteiger partial charge >= 0.3 is 5.97 Å². The van der Waals surface area contributed by atoms with Crippen LogP contribution in [0.25, 0.3) is 0 Å². The van der Waals surface area contributed by atoms with E-state index < -0.39 is 11.4 Å². The first-order valence-corrected chi connectivity index (χ1v) is 8.40. The third-order valence-electron chi connectivity index (χ3n) is 4.49. The summed E-state index contributed by atoms with van der Waals surface area (Å²) in [5.41, 5.74) is -0.897. The van der Waals surface area contributed by atoms with E-state index in [1.54, 1.807) is 0 Å². The summed E-state index contributed by atoms with van der Waals surface area (Å²) >= 11 is 1.89. The lowest BCUT2D eigenvalue weighted by Gasteiger charge is -2.29. The van der Waals surface area contributed by atoms with Crippen LogP contribution in [0.2, 0.25) is 0 Å². The van der Waals surface area contributed by atoms with E-state index in [2.05, 4.69) is 13.8 Å². The smallest absolute Gasteiger partial charge is 0.310 e. The monoisotopic (exact) mass is 301 g/mol. The Bertz CT molecular complexity index is 364. The van der Waals surface area contributed by atoms with E-state index in [1.807, 2.05) is 30.5 Å². The van der Waals surface area contributed by atoms with Crippen LogP contribution in [0.3, 0.4) is 0 Å². The van der Waals surface area contributed by atoms with Crippen molar-refractivity contribution in [3.63, 3.8) is 0 Å². The molecular weight excluding hydrogens is 274 g/mol. The van der Waals surface area contributed by atoms with Crippen LogP contribution in [-0.4, -0.2) is 45.5 Å². The number of rotatable bonds is 5. The van der Waals surface area contributed by atoms with Crippen LogP contribution in [-0.2, 0) is 9.59 Å². The van der Waals surface area contributed by atoms with Crippen LogP contribution >= 0.6 is 11.8 Å². The standard InChI is InChI=1S/C15H27NO3S/c1-5-15(6-2,13(18)19)11-12(17)16-8-7-14(3,4)20-10-9-16/h5-11H2,1-4H3,(H,18,19). The molecule has 1 N–H and O–H groups in total. The molecule has 4 nitrogen and oxygen atoms in total. The van der Waals surface area contributed by atoms with Crippen molar-refractivity contribution in [2.45, 2.75) is 58.1 Å². The van der Waals surface area contributed by atoms with E-state index in [1.165, 1.54) is 0 Å². The van der Waals surface area contributed by atoms with Crippen LogP contribution in [0.15, 0.2) is 0 Å². The summed E-state index contributed by atoms with van der Waals surface area (Å²) in [5.74, 6) is 0.0756. The Labute approximate surface area is 126 Å². The zero-order valence-corrected chi connectivity index (χ0v) is 13.9. The predicted molar refractivity (Wildman–Crippen MR) is 83.0 cm³/mol. The molecule has 0 aliphatic carbocycles. The third-order valence-corrected chi connectivity index (χ3v) is 5.86. The highest BCUT2D eigenvalue weighted by molar-refractivity contribution is 8.00. The Balaban J connectivity index is 2.72. The molecule has 116 valence electrons. The topological polar surface area (TPSA) is 57.6 Å². The molecular formula is C15H27NO3S. The van der Waals surface area contributed by atoms with Gasteiger partial charge in [-0.2, -0.15) is 11.8 Å². The van der Waals surface area contributed by atoms with Gasteiger partial charge in [0.05, 0.1) is 5.41 Å². The molecule has 0 aromatic rings. The maximum atomic E-state index is 12.5. The highest BCUT2D eigenvalue weighted by atomic mass is 32.2. The summed E-state index contributed by atoms with van der Waals surface area (Å²) in [6, 6.07) is 0. The van der Waals surface area contributed by atoms with Gasteiger partial charge in [0.1, 0.15) is 0 Å². The number of hydrogen-bond acceptors (Lipinski definition) is 3. The summed E-state index contributed by atoms with van der Waals surface area (Å²) < 4.78 is 0.203. The second-order valence-electron chi connectivity index (χ2n) is 6.21. The average molecular weight is 301 g/mol. The van der Waals surface area contributed by atoms with E-state index in [0.717, 1.165) is 25.3 Å². The molecule has 0 saturated carbocycles. The molecule has 1 saturated heterocycles. The molecule has 1 amide bonds. The van der Waals surface area contributed by atoms with Crippen molar-refractivity contribution in [2.75, 3.05) is 18.8 Å². The van der Waals surface area contributed by atoms with E-state index in [9.17, 15) is 14.7 Å². The third kappa shape index (κ3) is 4.14. The fourth-order valence-electron chi connectivity index (χ4n) is 2.55. The predicted octanol–water partition coefficient (Wildman–Crippen LogP) is 3.01. The summed E-state index contributed by atoms with van der Waals surface area (Å²) in [6.45, 7) is 9.58. The molecule has 0 aromatic heterocycles.